The van der Waals surface area contributed by atoms with Crippen LogP contribution in [0.4, 0.5) is 0 Å². The lowest BCUT2D eigenvalue weighted by molar-refractivity contribution is -0.373. The number of aliphatic carboxylic acids is 1. The molecule has 0 amide bonds. The Balaban J connectivity index is 1.49. The van der Waals surface area contributed by atoms with Gasteiger partial charge in [0, 0.05) is 0 Å². The summed E-state index contributed by atoms with van der Waals surface area (Å²) in [4.78, 5) is 11.7. The monoisotopic (exact) mass is 679 g/mol. The largest absolute Gasteiger partial charge is 0.479 e. The molecule has 4 heterocycles. The van der Waals surface area contributed by atoms with E-state index in [-0.39, 0.29) is 0 Å². The lowest BCUT2D eigenvalue weighted by atomic mass is 9.96. The van der Waals surface area contributed by atoms with E-state index in [0.29, 0.717) is 0 Å². The molecular weight excluding hydrogens is 638 g/mol. The summed E-state index contributed by atoms with van der Waals surface area (Å²) >= 11 is 0. The number of aliphatic hydroxyl groups excluding tert-OH is 12. The standard InChI is InChI=1S/C24H41NO21/c25-7-11(31)10(30)6(43-22(7)45-17-14(34)15(35)21(39)44-19(17)20(37)38)3-40-24-18(13(33)9(29)5(2-27)42-24)46-23-16(36)12(32)8(28)4(1-26)41-23/h4-19,21-24,26-36,39H,1-3,25H2,(H,37,38)/t4-,5-,6-,7-,8-,9+,10-,11-,12+,13+,14-,15-,16+,17+,18-,19+,21+,22-,23-,24+/m1/s1. The number of nitrogens with two attached hydrogens (primary N) is 1. The Hall–Kier alpha value is -1.33. The minimum Gasteiger partial charge on any atom is -0.479 e. The third-order valence-electron chi connectivity index (χ3n) is 8.24. The van der Waals surface area contributed by atoms with Crippen molar-refractivity contribution in [3.05, 3.63) is 0 Å². The number of carbonyl (C=O) groups is 1. The number of hydrogen-bond acceptors (Lipinski definition) is 21. The van der Waals surface area contributed by atoms with Crippen molar-refractivity contribution in [2.75, 3.05) is 19.8 Å². The van der Waals surface area contributed by atoms with Gasteiger partial charge in [0.25, 0.3) is 0 Å². The molecule has 4 aliphatic heterocycles. The smallest absolute Gasteiger partial charge is 0.335 e. The van der Waals surface area contributed by atoms with E-state index < -0.39 is 149 Å². The average Bonchev–Trinajstić information content (AvgIpc) is 3.03. The number of carboxylic acid groups (broad SMARTS) is 1. The summed E-state index contributed by atoms with van der Waals surface area (Å²) in [5.74, 6) is -1.71. The maximum atomic E-state index is 11.7. The van der Waals surface area contributed by atoms with Gasteiger partial charge in [-0.05, 0) is 0 Å². The summed E-state index contributed by atoms with van der Waals surface area (Å²) in [5.41, 5.74) is 5.90. The normalized spacial score (nSPS) is 51.9. The zero-order valence-electron chi connectivity index (χ0n) is 23.8. The number of rotatable bonds is 10. The topological polar surface area (TPSA) is 371 Å². The second kappa shape index (κ2) is 15.5. The Morgan fingerprint density at radius 3 is 1.65 bits per heavy atom. The summed E-state index contributed by atoms with van der Waals surface area (Å²) in [6, 6.07) is -1.58. The number of aliphatic hydroxyl groups is 12. The maximum absolute atomic E-state index is 11.7. The summed E-state index contributed by atoms with van der Waals surface area (Å²) in [6.07, 6.45) is -34.7. The van der Waals surface area contributed by atoms with Crippen molar-refractivity contribution in [1.29, 1.82) is 0 Å². The highest BCUT2D eigenvalue weighted by Crippen LogP contribution is 2.32. The van der Waals surface area contributed by atoms with E-state index in [4.69, 9.17) is 38.9 Å². The molecule has 4 aliphatic rings. The predicted molar refractivity (Wildman–Crippen MR) is 136 cm³/mol. The molecule has 0 spiro atoms. The molecule has 4 rings (SSSR count). The van der Waals surface area contributed by atoms with Crippen molar-refractivity contribution in [3.8, 4) is 0 Å². The molecule has 0 saturated carbocycles. The maximum Gasteiger partial charge on any atom is 0.335 e. The first-order valence-electron chi connectivity index (χ1n) is 14.2. The first kappa shape index (κ1) is 37.5. The van der Waals surface area contributed by atoms with Gasteiger partial charge < -0.3 is 105 Å². The van der Waals surface area contributed by atoms with Crippen LogP contribution in [0.15, 0.2) is 0 Å². The van der Waals surface area contributed by atoms with Crippen LogP contribution < -0.4 is 5.73 Å². The lowest BCUT2D eigenvalue weighted by Gasteiger charge is -2.47. The van der Waals surface area contributed by atoms with Crippen molar-refractivity contribution in [2.45, 2.75) is 123 Å². The van der Waals surface area contributed by atoms with Gasteiger partial charge in [0.1, 0.15) is 85.5 Å². The van der Waals surface area contributed by atoms with E-state index >= 15 is 0 Å². The lowest BCUT2D eigenvalue weighted by Crippen LogP contribution is -2.67. The molecular formula is C24H41NO21. The highest BCUT2D eigenvalue weighted by Gasteiger charge is 2.54. The van der Waals surface area contributed by atoms with E-state index in [9.17, 15) is 71.2 Å². The molecule has 4 fully saturated rings. The molecule has 0 aromatic rings. The molecule has 0 unspecified atom stereocenters. The molecule has 4 saturated heterocycles. The first-order valence-corrected chi connectivity index (χ1v) is 14.2. The molecule has 0 aromatic heterocycles. The molecule has 15 N–H and O–H groups in total. The van der Waals surface area contributed by atoms with Crippen molar-refractivity contribution < 1.29 is 104 Å². The van der Waals surface area contributed by atoms with E-state index in [1.807, 2.05) is 0 Å². The van der Waals surface area contributed by atoms with Crippen LogP contribution in [0.25, 0.3) is 0 Å². The summed E-state index contributed by atoms with van der Waals surface area (Å²) in [6.45, 7) is -2.42. The Bertz CT molecular complexity index is 995. The molecule has 46 heavy (non-hydrogen) atoms. The highest BCUT2D eigenvalue weighted by atomic mass is 16.8. The van der Waals surface area contributed by atoms with Gasteiger partial charge in [-0.2, -0.15) is 0 Å². The SMILES string of the molecule is N[C@H]1[C@@H](O[C@H]2[C@H](O)[C@@H](O)[C@@H](O)O[C@@H]2C(=O)O)O[C@H](CO[C@H]2O[C@H](CO)[C@H](O)[C@H](O)[C@H]2O[C@H]2O[C@H](CO)[C@@H](O)[C@H](O)[C@@H]2O)[C@@H](O)[C@@H]1O. The van der Waals surface area contributed by atoms with Crippen molar-refractivity contribution >= 4 is 5.97 Å². The molecule has 22 heteroatoms. The first-order chi connectivity index (χ1) is 21.6. The van der Waals surface area contributed by atoms with E-state index in [1.54, 1.807) is 0 Å². The zero-order chi connectivity index (χ0) is 34.2. The fourth-order valence-electron chi connectivity index (χ4n) is 5.43. The van der Waals surface area contributed by atoms with Crippen molar-refractivity contribution in [3.63, 3.8) is 0 Å². The summed E-state index contributed by atoms with van der Waals surface area (Å²) in [7, 11) is 0. The Kier molecular flexibility index (Phi) is 12.6. The number of hydrogen-bond donors (Lipinski definition) is 14. The Labute approximate surface area is 259 Å². The second-order valence-corrected chi connectivity index (χ2v) is 11.3. The van der Waals surface area contributed by atoms with Gasteiger partial charge in [-0.1, -0.05) is 0 Å². The van der Waals surface area contributed by atoms with Crippen LogP contribution in [0.3, 0.4) is 0 Å². The fraction of sp³-hybridized carbons (Fsp3) is 0.958. The van der Waals surface area contributed by atoms with Crippen LogP contribution in [-0.2, 0) is 38.0 Å². The van der Waals surface area contributed by atoms with E-state index in [0.717, 1.165) is 0 Å². The minimum atomic E-state index is -2.09. The van der Waals surface area contributed by atoms with Gasteiger partial charge in [-0.15, -0.1) is 0 Å². The van der Waals surface area contributed by atoms with Crippen molar-refractivity contribution in [2.24, 2.45) is 5.73 Å². The predicted octanol–water partition coefficient (Wildman–Crippen LogP) is -9.69. The molecule has 0 radical (unpaired) electrons. The quantitative estimate of drug-likeness (QED) is 0.102. The van der Waals surface area contributed by atoms with Crippen LogP contribution in [0.1, 0.15) is 0 Å². The average molecular weight is 680 g/mol. The Morgan fingerprint density at radius 1 is 0.565 bits per heavy atom. The van der Waals surface area contributed by atoms with Gasteiger partial charge in [0.15, 0.2) is 31.3 Å². The van der Waals surface area contributed by atoms with Crippen molar-refractivity contribution in [1.82, 2.24) is 0 Å². The third-order valence-corrected chi connectivity index (χ3v) is 8.24. The molecule has 20 atom stereocenters. The highest BCUT2D eigenvalue weighted by molar-refractivity contribution is 5.73. The Morgan fingerprint density at radius 2 is 1.07 bits per heavy atom. The van der Waals surface area contributed by atoms with E-state index in [2.05, 4.69) is 0 Å². The third kappa shape index (κ3) is 7.46. The zero-order valence-corrected chi connectivity index (χ0v) is 23.8. The van der Waals surface area contributed by atoms with Crippen LogP contribution in [0, 0.1) is 0 Å². The molecule has 0 bridgehead atoms. The minimum absolute atomic E-state index is 0.765. The van der Waals surface area contributed by atoms with Crippen LogP contribution in [0.5, 0.6) is 0 Å². The van der Waals surface area contributed by atoms with Crippen LogP contribution in [-0.4, -0.2) is 215 Å². The molecule has 0 aliphatic carbocycles. The van der Waals surface area contributed by atoms with Gasteiger partial charge in [-0.3, -0.25) is 0 Å². The van der Waals surface area contributed by atoms with Gasteiger partial charge in [0.05, 0.1) is 25.9 Å². The number of carboxylic acids is 1. The van der Waals surface area contributed by atoms with E-state index in [1.165, 1.54) is 0 Å². The molecule has 22 nitrogen and oxygen atoms in total. The second-order valence-electron chi connectivity index (χ2n) is 11.3. The molecule has 0 aromatic carbocycles. The van der Waals surface area contributed by atoms with Gasteiger partial charge >= 0.3 is 5.97 Å². The van der Waals surface area contributed by atoms with Gasteiger partial charge in [-0.25, -0.2) is 4.79 Å². The van der Waals surface area contributed by atoms with Gasteiger partial charge in [0.2, 0.25) is 0 Å². The summed E-state index contributed by atoms with van der Waals surface area (Å²) in [5, 5.41) is 131. The van der Waals surface area contributed by atoms with Crippen LogP contribution >= 0.6 is 0 Å². The number of ether oxygens (including phenoxy) is 7. The summed E-state index contributed by atoms with van der Waals surface area (Å²) < 4.78 is 37.7. The molecule has 268 valence electrons. The van der Waals surface area contributed by atoms with Crippen LogP contribution in [0.2, 0.25) is 0 Å². The fourth-order valence-corrected chi connectivity index (χ4v) is 5.43.